The van der Waals surface area contributed by atoms with E-state index in [1.807, 2.05) is 0 Å². The Morgan fingerprint density at radius 1 is 1.00 bits per heavy atom. The van der Waals surface area contributed by atoms with Crippen LogP contribution < -0.4 is 79.0 Å². The van der Waals surface area contributed by atoms with E-state index in [1.165, 1.54) is 12.1 Å². The molecular weight excluding hydrogens is 440 g/mol. The Balaban J connectivity index is 0.00000210. The molecule has 2 aromatic carbocycles. The standard InChI is InChI=1S/C16H13N3O6S2.2Na/c1-19-12-7-4-10(15(22)23)8-13(12)26-16(19)17-18-27(24,25)11-5-2-9(3-6-11)14(20)21;;/h2-8,18H,1H3,(H,20,21)(H,22,23);;/q;2*+1/p-2. The van der Waals surface area contributed by atoms with Gasteiger partial charge in [-0.3, -0.25) is 0 Å². The second kappa shape index (κ2) is 10.2. The van der Waals surface area contributed by atoms with Crippen molar-refractivity contribution in [3.05, 3.63) is 58.4 Å². The van der Waals surface area contributed by atoms with E-state index in [-0.39, 0.29) is 79.9 Å². The van der Waals surface area contributed by atoms with E-state index < -0.39 is 22.0 Å². The van der Waals surface area contributed by atoms with E-state index in [4.69, 9.17) is 0 Å². The molecule has 1 heterocycles. The fourth-order valence-corrected chi connectivity index (χ4v) is 4.17. The van der Waals surface area contributed by atoms with Crippen LogP contribution in [-0.2, 0) is 17.1 Å². The molecule has 0 aliphatic heterocycles. The van der Waals surface area contributed by atoms with Crippen LogP contribution in [0.2, 0.25) is 0 Å². The minimum atomic E-state index is -4.02. The van der Waals surface area contributed by atoms with Crippen LogP contribution in [0, 0.1) is 0 Å². The van der Waals surface area contributed by atoms with Crippen LogP contribution in [-0.4, -0.2) is 24.9 Å². The summed E-state index contributed by atoms with van der Waals surface area (Å²) in [5.41, 5.74) is 0.524. The van der Waals surface area contributed by atoms with Gasteiger partial charge in [0.25, 0.3) is 10.0 Å². The first-order valence-corrected chi connectivity index (χ1v) is 9.67. The van der Waals surface area contributed by atoms with Gasteiger partial charge in [-0.15, -0.1) is 5.10 Å². The Labute approximate surface area is 213 Å². The summed E-state index contributed by atoms with van der Waals surface area (Å²) in [6.07, 6.45) is 0. The number of aromatic carboxylic acids is 2. The van der Waals surface area contributed by atoms with E-state index in [1.54, 1.807) is 17.7 Å². The molecular formula is C16H11N3Na2O6S2. The van der Waals surface area contributed by atoms with Crippen molar-refractivity contribution in [2.75, 3.05) is 0 Å². The Kier molecular flexibility index (Phi) is 9.12. The number of hydrogen-bond acceptors (Lipinski definition) is 8. The number of carboxylic acid groups (broad SMARTS) is 2. The van der Waals surface area contributed by atoms with Gasteiger partial charge in [0.15, 0.2) is 0 Å². The molecule has 0 aliphatic carbocycles. The molecule has 0 unspecified atom stereocenters. The Bertz CT molecular complexity index is 1230. The van der Waals surface area contributed by atoms with Gasteiger partial charge in [0.1, 0.15) is 0 Å². The number of aromatic nitrogens is 1. The minimum Gasteiger partial charge on any atom is -0.545 e. The van der Waals surface area contributed by atoms with Gasteiger partial charge < -0.3 is 24.4 Å². The number of carbonyl (C=O) groups excluding carboxylic acids is 2. The SMILES string of the molecule is Cn1c(=NNS(=O)(=O)c2ccc(C(=O)[O-])cc2)sc2cc(C(=O)[O-])ccc21.[Na+].[Na+]. The van der Waals surface area contributed by atoms with Gasteiger partial charge in [-0.1, -0.05) is 29.5 Å². The van der Waals surface area contributed by atoms with Crippen LogP contribution in [0.1, 0.15) is 20.7 Å². The molecule has 0 atom stereocenters. The third-order valence-electron chi connectivity index (χ3n) is 3.71. The van der Waals surface area contributed by atoms with Crippen LogP contribution in [0.15, 0.2) is 52.5 Å². The number of nitrogens with one attached hydrogen (secondary N) is 1. The maximum atomic E-state index is 12.3. The van der Waals surface area contributed by atoms with E-state index in [2.05, 4.69) is 9.93 Å². The van der Waals surface area contributed by atoms with Crippen molar-refractivity contribution in [2.24, 2.45) is 12.1 Å². The molecule has 3 rings (SSSR count). The zero-order valence-electron chi connectivity index (χ0n) is 15.7. The average Bonchev–Trinajstić information content (AvgIpc) is 2.95. The van der Waals surface area contributed by atoms with Gasteiger partial charge in [0.2, 0.25) is 4.80 Å². The summed E-state index contributed by atoms with van der Waals surface area (Å²) in [5, 5.41) is 25.5. The molecule has 13 heteroatoms. The Morgan fingerprint density at radius 3 is 2.10 bits per heavy atom. The van der Waals surface area contributed by atoms with Crippen LogP contribution in [0.4, 0.5) is 0 Å². The molecule has 3 aromatic rings. The summed E-state index contributed by atoms with van der Waals surface area (Å²) < 4.78 is 26.8. The fraction of sp³-hybridized carbons (Fsp3) is 0.0625. The third-order valence-corrected chi connectivity index (χ3v) is 6.03. The van der Waals surface area contributed by atoms with Gasteiger partial charge in [0, 0.05) is 7.05 Å². The number of aryl methyl sites for hydroxylation is 1. The zero-order chi connectivity index (χ0) is 19.8. The van der Waals surface area contributed by atoms with E-state index in [9.17, 15) is 28.2 Å². The molecule has 1 N–H and O–H groups in total. The van der Waals surface area contributed by atoms with Crippen molar-refractivity contribution in [1.29, 1.82) is 0 Å². The largest absolute Gasteiger partial charge is 1.00 e. The number of sulfonamides is 1. The van der Waals surface area contributed by atoms with E-state index in [0.717, 1.165) is 35.6 Å². The molecule has 0 bridgehead atoms. The molecule has 0 saturated carbocycles. The first kappa shape index (κ1) is 25.9. The number of carbonyl (C=O) groups is 2. The van der Waals surface area contributed by atoms with Gasteiger partial charge in [-0.2, -0.15) is 13.2 Å². The van der Waals surface area contributed by atoms with Crippen molar-refractivity contribution in [3.8, 4) is 0 Å². The molecule has 1 aromatic heterocycles. The molecule has 0 spiro atoms. The number of hydrogen-bond donors (Lipinski definition) is 1. The topological polar surface area (TPSA) is 144 Å². The summed E-state index contributed by atoms with van der Waals surface area (Å²) in [7, 11) is -2.37. The number of fused-ring (bicyclic) bond motifs is 1. The van der Waals surface area contributed by atoms with Gasteiger partial charge in [-0.25, -0.2) is 0 Å². The zero-order valence-corrected chi connectivity index (χ0v) is 21.3. The molecule has 0 fully saturated rings. The number of thiazole rings is 1. The molecule has 0 radical (unpaired) electrons. The second-order valence-electron chi connectivity index (χ2n) is 5.43. The van der Waals surface area contributed by atoms with Crippen LogP contribution in [0.25, 0.3) is 10.2 Å². The van der Waals surface area contributed by atoms with E-state index >= 15 is 0 Å². The summed E-state index contributed by atoms with van der Waals surface area (Å²) in [6, 6.07) is 8.86. The minimum absolute atomic E-state index is 0. The maximum absolute atomic E-state index is 12.3. The van der Waals surface area contributed by atoms with Crippen molar-refractivity contribution in [1.82, 2.24) is 9.40 Å². The van der Waals surface area contributed by atoms with Gasteiger partial charge in [-0.05, 0) is 35.4 Å². The molecule has 0 amide bonds. The number of nitrogens with zero attached hydrogens (tertiary/aromatic N) is 2. The average molecular weight is 451 g/mol. The normalized spacial score (nSPS) is 11.4. The van der Waals surface area contributed by atoms with Crippen LogP contribution >= 0.6 is 11.3 Å². The van der Waals surface area contributed by atoms with E-state index in [0.29, 0.717) is 10.2 Å². The first-order chi connectivity index (χ1) is 12.7. The number of rotatable bonds is 5. The first-order valence-electron chi connectivity index (χ1n) is 7.37. The van der Waals surface area contributed by atoms with Crippen LogP contribution in [0.5, 0.6) is 0 Å². The predicted molar refractivity (Wildman–Crippen MR) is 91.8 cm³/mol. The second-order valence-corrected chi connectivity index (χ2v) is 8.10. The summed E-state index contributed by atoms with van der Waals surface area (Å²) >= 11 is 1.09. The summed E-state index contributed by atoms with van der Waals surface area (Å²) in [6.45, 7) is 0. The number of carboxylic acids is 2. The molecule has 0 aliphatic rings. The Morgan fingerprint density at radius 2 is 1.55 bits per heavy atom. The van der Waals surface area contributed by atoms with Crippen LogP contribution in [0.3, 0.4) is 0 Å². The maximum Gasteiger partial charge on any atom is 1.00 e. The molecule has 9 nitrogen and oxygen atoms in total. The van der Waals surface area contributed by atoms with Crippen molar-refractivity contribution in [2.45, 2.75) is 4.90 Å². The molecule has 0 saturated heterocycles. The monoisotopic (exact) mass is 451 g/mol. The molecule has 29 heavy (non-hydrogen) atoms. The van der Waals surface area contributed by atoms with Gasteiger partial charge in [0.05, 0.1) is 27.1 Å². The van der Waals surface area contributed by atoms with Crippen molar-refractivity contribution < 1.29 is 87.3 Å². The quantitative estimate of drug-likeness (QED) is 0.302. The number of benzene rings is 2. The van der Waals surface area contributed by atoms with Crippen molar-refractivity contribution >= 4 is 43.5 Å². The summed E-state index contributed by atoms with van der Waals surface area (Å²) in [4.78, 5) is 23.9. The van der Waals surface area contributed by atoms with Gasteiger partial charge >= 0.3 is 59.1 Å². The molecule has 140 valence electrons. The summed E-state index contributed by atoms with van der Waals surface area (Å²) in [5.74, 6) is -2.73. The third kappa shape index (κ3) is 5.70. The Hall–Kier alpha value is -1.18. The smallest absolute Gasteiger partial charge is 0.545 e. The predicted octanol–water partition coefficient (Wildman–Crippen LogP) is -7.23. The van der Waals surface area contributed by atoms with Crippen molar-refractivity contribution in [3.63, 3.8) is 0 Å². The fourth-order valence-electron chi connectivity index (χ4n) is 2.29.